The van der Waals surface area contributed by atoms with Crippen molar-refractivity contribution in [1.82, 2.24) is 19.2 Å². The quantitative estimate of drug-likeness (QED) is 0.378. The first kappa shape index (κ1) is 27.4. The van der Waals surface area contributed by atoms with E-state index in [1.807, 2.05) is 0 Å². The molecule has 2 saturated heterocycles. The van der Waals surface area contributed by atoms with Gasteiger partial charge in [-0.1, -0.05) is 0 Å². The van der Waals surface area contributed by atoms with E-state index >= 15 is 0 Å². The molecule has 0 saturated carbocycles. The summed E-state index contributed by atoms with van der Waals surface area (Å²) in [6.07, 6.45) is 4.09. The Kier molecular flexibility index (Phi) is 7.81. The van der Waals surface area contributed by atoms with E-state index in [1.54, 1.807) is 25.1 Å². The largest absolute Gasteiger partial charge is 0.388 e. The molecule has 0 radical (unpaired) electrons. The van der Waals surface area contributed by atoms with Gasteiger partial charge in [-0.15, -0.1) is 0 Å². The number of aromatic nitrogens is 2. The number of halogens is 2. The summed E-state index contributed by atoms with van der Waals surface area (Å²) in [5.74, 6) is -1.04. The number of piperidine rings is 1. The second-order valence-corrected chi connectivity index (χ2v) is 12.2. The zero-order valence-electron chi connectivity index (χ0n) is 21.7. The first-order valence-electron chi connectivity index (χ1n) is 13.0. The second kappa shape index (κ2) is 11.1. The minimum Gasteiger partial charge on any atom is -0.388 e. The summed E-state index contributed by atoms with van der Waals surface area (Å²) in [4.78, 5) is 10.5. The molecule has 0 unspecified atom stereocenters. The Morgan fingerprint density at radius 2 is 1.62 bits per heavy atom. The summed E-state index contributed by atoms with van der Waals surface area (Å²) < 4.78 is 55.7. The Labute approximate surface area is 226 Å². The molecule has 39 heavy (non-hydrogen) atoms. The lowest BCUT2D eigenvalue weighted by molar-refractivity contribution is -0.0284. The Bertz CT molecular complexity index is 1420. The third-order valence-corrected chi connectivity index (χ3v) is 9.20. The van der Waals surface area contributed by atoms with Crippen LogP contribution in [0.4, 0.5) is 31.9 Å². The summed E-state index contributed by atoms with van der Waals surface area (Å²) in [5.41, 5.74) is 0.537. The molecule has 0 atom stereocenters. The highest BCUT2D eigenvalue weighted by Crippen LogP contribution is 2.29. The Balaban J connectivity index is 1.22. The molecule has 3 aromatic rings. The monoisotopic (exact) mass is 558 g/mol. The minimum atomic E-state index is -3.72. The number of sulfonamides is 1. The molecule has 0 amide bonds. The first-order chi connectivity index (χ1) is 18.6. The molecule has 2 aliphatic heterocycles. The molecular formula is C27H32F2N6O3S. The number of aliphatic hydroxyl groups is 1. The van der Waals surface area contributed by atoms with Crippen molar-refractivity contribution in [3.05, 3.63) is 65.9 Å². The fourth-order valence-electron chi connectivity index (χ4n) is 5.02. The van der Waals surface area contributed by atoms with Crippen LogP contribution in [0.1, 0.15) is 31.2 Å². The van der Waals surface area contributed by atoms with Crippen molar-refractivity contribution in [2.75, 3.05) is 43.4 Å². The molecule has 0 bridgehead atoms. The third-order valence-electron chi connectivity index (χ3n) is 7.28. The van der Waals surface area contributed by atoms with Crippen LogP contribution in [0.3, 0.4) is 0 Å². The lowest BCUT2D eigenvalue weighted by atomic mass is 9.92. The van der Waals surface area contributed by atoms with Crippen LogP contribution in [0.25, 0.3) is 0 Å². The van der Waals surface area contributed by atoms with Crippen molar-refractivity contribution in [3.63, 3.8) is 0 Å². The number of nitrogens with one attached hydrogen (secondary N) is 2. The van der Waals surface area contributed by atoms with Gasteiger partial charge in [-0.2, -0.15) is 9.29 Å². The minimum absolute atomic E-state index is 0.0903. The van der Waals surface area contributed by atoms with Crippen LogP contribution in [-0.2, 0) is 10.0 Å². The van der Waals surface area contributed by atoms with Gasteiger partial charge in [0.05, 0.1) is 16.7 Å². The van der Waals surface area contributed by atoms with E-state index in [1.165, 1.54) is 28.6 Å². The molecular weight excluding hydrogens is 526 g/mol. The highest BCUT2D eigenvalue weighted by atomic mass is 32.2. The van der Waals surface area contributed by atoms with E-state index in [4.69, 9.17) is 0 Å². The second-order valence-electron chi connectivity index (χ2n) is 10.2. The van der Waals surface area contributed by atoms with Crippen molar-refractivity contribution >= 4 is 33.2 Å². The van der Waals surface area contributed by atoms with E-state index < -0.39 is 21.4 Å². The van der Waals surface area contributed by atoms with Crippen LogP contribution in [-0.4, -0.2) is 71.0 Å². The average molecular weight is 559 g/mol. The van der Waals surface area contributed by atoms with E-state index in [9.17, 15) is 22.3 Å². The molecule has 0 aliphatic carbocycles. The SMILES string of the molecule is Cc1cc(Nc2nc(Nc3ccc(S(=O)(=O)N4CCC(O)(CN5CCCC5)CC4)cc3)ncc2F)ccc1F. The molecule has 3 heterocycles. The van der Waals surface area contributed by atoms with E-state index in [0.29, 0.717) is 36.3 Å². The maximum atomic E-state index is 14.3. The summed E-state index contributed by atoms with van der Waals surface area (Å²) in [6.45, 7) is 4.69. The van der Waals surface area contributed by atoms with E-state index in [0.717, 1.165) is 32.1 Å². The molecule has 1 aromatic heterocycles. The standard InChI is InChI=1S/C27H32F2N6O3S/c1-19-16-21(6-9-23(19)28)31-25-24(29)17-30-26(33-25)32-20-4-7-22(8-5-20)39(37,38)35-14-10-27(36,11-15-35)18-34-12-2-3-13-34/h4-9,16-17,36H,2-3,10-15,18H2,1H3,(H2,30,31,32,33). The van der Waals surface area contributed by atoms with Gasteiger partial charge in [0, 0.05) is 31.0 Å². The normalized spacial score (nSPS) is 18.3. The molecule has 2 aromatic carbocycles. The first-order valence-corrected chi connectivity index (χ1v) is 14.4. The predicted molar refractivity (Wildman–Crippen MR) is 145 cm³/mol. The van der Waals surface area contributed by atoms with Crippen molar-refractivity contribution in [3.8, 4) is 0 Å². The zero-order valence-corrected chi connectivity index (χ0v) is 22.5. The van der Waals surface area contributed by atoms with Crippen LogP contribution in [0.2, 0.25) is 0 Å². The zero-order chi connectivity index (χ0) is 27.6. The van der Waals surface area contributed by atoms with Gasteiger partial charge in [-0.05, 0) is 93.7 Å². The molecule has 0 spiro atoms. The average Bonchev–Trinajstić information content (AvgIpc) is 3.41. The van der Waals surface area contributed by atoms with Gasteiger partial charge in [0.25, 0.3) is 0 Å². The topological polar surface area (TPSA) is 111 Å². The van der Waals surface area contributed by atoms with Crippen LogP contribution in [0.15, 0.2) is 53.6 Å². The summed E-state index contributed by atoms with van der Waals surface area (Å²) >= 11 is 0. The summed E-state index contributed by atoms with van der Waals surface area (Å²) in [5, 5.41) is 16.7. The number of β-amino-alcohol motifs (C(OH)–C–C–N with tert-alkyl or cyclic N) is 1. The summed E-state index contributed by atoms with van der Waals surface area (Å²) in [7, 11) is -3.72. The van der Waals surface area contributed by atoms with Gasteiger partial charge in [-0.25, -0.2) is 22.2 Å². The number of rotatable bonds is 8. The van der Waals surface area contributed by atoms with Crippen LogP contribution in [0.5, 0.6) is 0 Å². The number of aryl methyl sites for hydroxylation is 1. The number of hydrogen-bond donors (Lipinski definition) is 3. The highest BCUT2D eigenvalue weighted by Gasteiger charge is 2.38. The molecule has 5 rings (SSSR count). The van der Waals surface area contributed by atoms with Crippen LogP contribution >= 0.6 is 0 Å². The number of benzene rings is 2. The van der Waals surface area contributed by atoms with Gasteiger partial charge >= 0.3 is 0 Å². The van der Waals surface area contributed by atoms with Gasteiger partial charge in [0.1, 0.15) is 5.82 Å². The van der Waals surface area contributed by atoms with Crippen molar-refractivity contribution in [2.45, 2.75) is 43.1 Å². The number of nitrogens with zero attached hydrogens (tertiary/aromatic N) is 4. The lowest BCUT2D eigenvalue weighted by Gasteiger charge is -2.39. The molecule has 3 N–H and O–H groups in total. The fraction of sp³-hybridized carbons (Fsp3) is 0.407. The van der Waals surface area contributed by atoms with Gasteiger partial charge in [-0.3, -0.25) is 0 Å². The molecule has 2 aliphatic rings. The van der Waals surface area contributed by atoms with E-state index in [2.05, 4.69) is 25.5 Å². The van der Waals surface area contributed by atoms with Crippen molar-refractivity contribution in [1.29, 1.82) is 0 Å². The molecule has 208 valence electrons. The smallest absolute Gasteiger partial charge is 0.243 e. The Morgan fingerprint density at radius 3 is 2.28 bits per heavy atom. The molecule has 9 nitrogen and oxygen atoms in total. The van der Waals surface area contributed by atoms with Crippen molar-refractivity contribution < 1.29 is 22.3 Å². The number of likely N-dealkylation sites (tertiary alicyclic amines) is 1. The summed E-state index contributed by atoms with van der Waals surface area (Å²) in [6, 6.07) is 10.5. The van der Waals surface area contributed by atoms with Gasteiger partial charge < -0.3 is 20.6 Å². The molecule has 2 fully saturated rings. The highest BCUT2D eigenvalue weighted by molar-refractivity contribution is 7.89. The van der Waals surface area contributed by atoms with Crippen LogP contribution in [0, 0.1) is 18.6 Å². The predicted octanol–water partition coefficient (Wildman–Crippen LogP) is 4.16. The maximum Gasteiger partial charge on any atom is 0.243 e. The lowest BCUT2D eigenvalue weighted by Crippen LogP contribution is -2.51. The van der Waals surface area contributed by atoms with E-state index in [-0.39, 0.29) is 35.6 Å². The van der Waals surface area contributed by atoms with Crippen LogP contribution < -0.4 is 10.6 Å². The maximum absolute atomic E-state index is 14.3. The Morgan fingerprint density at radius 1 is 0.949 bits per heavy atom. The van der Waals surface area contributed by atoms with Gasteiger partial charge in [0.2, 0.25) is 16.0 Å². The third kappa shape index (κ3) is 6.35. The fourth-order valence-corrected chi connectivity index (χ4v) is 6.46. The number of hydrogen-bond acceptors (Lipinski definition) is 8. The van der Waals surface area contributed by atoms with Crippen molar-refractivity contribution in [2.24, 2.45) is 0 Å². The number of anilines is 4. The molecule has 12 heteroatoms. The Hall–Kier alpha value is -3.19. The van der Waals surface area contributed by atoms with Gasteiger partial charge in [0.15, 0.2) is 11.6 Å².